The van der Waals surface area contributed by atoms with Crippen LogP contribution in [-0.4, -0.2) is 37.6 Å². The second-order valence-electron chi connectivity index (χ2n) is 6.73. The summed E-state index contributed by atoms with van der Waals surface area (Å²) in [6, 6.07) is 10.5. The van der Waals surface area contributed by atoms with Gasteiger partial charge in [-0.3, -0.25) is 0 Å². The second kappa shape index (κ2) is 6.70. The van der Waals surface area contributed by atoms with Crippen LogP contribution in [0.25, 0.3) is 0 Å². The highest BCUT2D eigenvalue weighted by Gasteiger charge is 2.48. The summed E-state index contributed by atoms with van der Waals surface area (Å²) in [5.74, 6) is 1.69. The van der Waals surface area contributed by atoms with Crippen LogP contribution in [0.15, 0.2) is 36.4 Å². The molecule has 0 aliphatic carbocycles. The standard InChI is InChI=1S/C20H22O6/c1-23-14-6-12(5-13(21)8-14)20-16-10-25-19(15(16)9-26-20)11-3-4-17(22)18(7-11)24-2/h3-8,15-16,19-22H,9-10H2,1-2H3/t15-,16-,19-,20-/m1/s1. The lowest BCUT2D eigenvalue weighted by molar-refractivity contribution is 0.0191. The molecule has 2 N–H and O–H groups in total. The van der Waals surface area contributed by atoms with Crippen molar-refractivity contribution in [1.82, 2.24) is 0 Å². The normalized spacial score (nSPS) is 27.3. The Kier molecular flexibility index (Phi) is 4.38. The van der Waals surface area contributed by atoms with E-state index < -0.39 is 0 Å². The van der Waals surface area contributed by atoms with E-state index in [0.29, 0.717) is 24.7 Å². The van der Waals surface area contributed by atoms with Gasteiger partial charge >= 0.3 is 0 Å². The van der Waals surface area contributed by atoms with Crippen LogP contribution in [0.4, 0.5) is 0 Å². The van der Waals surface area contributed by atoms with Crippen LogP contribution in [0, 0.1) is 11.8 Å². The first kappa shape index (κ1) is 17.0. The molecule has 2 saturated heterocycles. The van der Waals surface area contributed by atoms with E-state index >= 15 is 0 Å². The lowest BCUT2D eigenvalue weighted by Gasteiger charge is -2.18. The number of benzene rings is 2. The predicted octanol–water partition coefficient (Wildman–Crippen LogP) is 3.19. The first-order chi connectivity index (χ1) is 12.6. The summed E-state index contributed by atoms with van der Waals surface area (Å²) in [6.07, 6.45) is -0.260. The lowest BCUT2D eigenvalue weighted by atomic mass is 9.85. The van der Waals surface area contributed by atoms with E-state index in [0.717, 1.165) is 11.1 Å². The molecule has 0 unspecified atom stereocenters. The van der Waals surface area contributed by atoms with E-state index in [2.05, 4.69) is 0 Å². The molecule has 0 aromatic heterocycles. The highest BCUT2D eigenvalue weighted by molar-refractivity contribution is 5.43. The summed E-state index contributed by atoms with van der Waals surface area (Å²) in [7, 11) is 3.10. The summed E-state index contributed by atoms with van der Waals surface area (Å²) in [6.45, 7) is 1.14. The third kappa shape index (κ3) is 2.85. The quantitative estimate of drug-likeness (QED) is 0.874. The van der Waals surface area contributed by atoms with Gasteiger partial charge in [-0.15, -0.1) is 0 Å². The topological polar surface area (TPSA) is 77.4 Å². The van der Waals surface area contributed by atoms with Crippen LogP contribution >= 0.6 is 0 Å². The van der Waals surface area contributed by atoms with Crippen molar-refractivity contribution in [3.8, 4) is 23.0 Å². The van der Waals surface area contributed by atoms with E-state index in [9.17, 15) is 10.2 Å². The Bertz CT molecular complexity index is 805. The van der Waals surface area contributed by atoms with Gasteiger partial charge in [-0.25, -0.2) is 0 Å². The maximum absolute atomic E-state index is 9.94. The zero-order valence-electron chi connectivity index (χ0n) is 14.7. The van der Waals surface area contributed by atoms with Crippen molar-refractivity contribution in [3.05, 3.63) is 47.5 Å². The molecule has 0 spiro atoms. The first-order valence-electron chi connectivity index (χ1n) is 8.58. The number of ether oxygens (including phenoxy) is 4. The molecule has 0 saturated carbocycles. The molecule has 2 aromatic rings. The Balaban J connectivity index is 1.59. The van der Waals surface area contributed by atoms with Crippen molar-refractivity contribution < 1.29 is 29.2 Å². The minimum absolute atomic E-state index is 0.109. The van der Waals surface area contributed by atoms with Gasteiger partial charge in [0.2, 0.25) is 0 Å². The van der Waals surface area contributed by atoms with Gasteiger partial charge in [0.05, 0.1) is 39.6 Å². The van der Waals surface area contributed by atoms with Gasteiger partial charge in [-0.05, 0) is 35.4 Å². The molecular weight excluding hydrogens is 336 g/mol. The van der Waals surface area contributed by atoms with Gasteiger partial charge in [-0.1, -0.05) is 6.07 Å². The molecule has 0 bridgehead atoms. The van der Waals surface area contributed by atoms with Gasteiger partial charge in [0.1, 0.15) is 11.5 Å². The van der Waals surface area contributed by atoms with Crippen molar-refractivity contribution in [2.24, 2.45) is 11.8 Å². The Morgan fingerprint density at radius 3 is 2.19 bits per heavy atom. The van der Waals surface area contributed by atoms with E-state index in [-0.39, 0.29) is 35.5 Å². The summed E-state index contributed by atoms with van der Waals surface area (Å²) in [5, 5.41) is 19.7. The predicted molar refractivity (Wildman–Crippen MR) is 93.7 cm³/mol. The van der Waals surface area contributed by atoms with Crippen molar-refractivity contribution in [2.75, 3.05) is 27.4 Å². The van der Waals surface area contributed by atoms with Gasteiger partial charge in [-0.2, -0.15) is 0 Å². The van der Waals surface area contributed by atoms with Gasteiger partial charge < -0.3 is 29.2 Å². The number of fused-ring (bicyclic) bond motifs is 1. The molecule has 4 atom stereocenters. The van der Waals surface area contributed by atoms with Crippen molar-refractivity contribution in [2.45, 2.75) is 12.2 Å². The number of phenolic OH excluding ortho intramolecular Hbond substituents is 2. The number of rotatable bonds is 4. The largest absolute Gasteiger partial charge is 0.508 e. The van der Waals surface area contributed by atoms with E-state index in [4.69, 9.17) is 18.9 Å². The number of methoxy groups -OCH3 is 2. The summed E-state index contributed by atoms with van der Waals surface area (Å²) >= 11 is 0. The van der Waals surface area contributed by atoms with E-state index in [1.807, 2.05) is 18.2 Å². The number of hydrogen-bond acceptors (Lipinski definition) is 6. The minimum Gasteiger partial charge on any atom is -0.508 e. The van der Waals surface area contributed by atoms with Crippen LogP contribution in [0.1, 0.15) is 23.3 Å². The molecular formula is C20H22O6. The number of aromatic hydroxyl groups is 2. The molecule has 138 valence electrons. The van der Waals surface area contributed by atoms with Crippen LogP contribution in [0.2, 0.25) is 0 Å². The molecule has 2 heterocycles. The molecule has 6 nitrogen and oxygen atoms in total. The zero-order chi connectivity index (χ0) is 18.3. The molecule has 0 radical (unpaired) electrons. The minimum atomic E-state index is -0.148. The Labute approximate surface area is 151 Å². The van der Waals surface area contributed by atoms with Crippen molar-refractivity contribution >= 4 is 0 Å². The Hall–Kier alpha value is -2.44. The molecule has 6 heteroatoms. The Morgan fingerprint density at radius 2 is 1.54 bits per heavy atom. The highest BCUT2D eigenvalue weighted by atomic mass is 16.5. The Morgan fingerprint density at radius 1 is 0.846 bits per heavy atom. The third-order valence-electron chi connectivity index (χ3n) is 5.27. The van der Waals surface area contributed by atoms with Crippen LogP contribution in [0.5, 0.6) is 23.0 Å². The second-order valence-corrected chi connectivity index (χ2v) is 6.73. The van der Waals surface area contributed by atoms with Crippen molar-refractivity contribution in [3.63, 3.8) is 0 Å². The SMILES string of the molecule is COc1cc(O)cc([C@H]2OC[C@@H]3[C@H]2CO[C@@H]3c2ccc(O)c(OC)c2)c1. The van der Waals surface area contributed by atoms with Gasteiger partial charge in [0.15, 0.2) is 11.5 Å². The van der Waals surface area contributed by atoms with E-state index in [1.165, 1.54) is 7.11 Å². The van der Waals surface area contributed by atoms with E-state index in [1.54, 1.807) is 25.3 Å². The van der Waals surface area contributed by atoms with Gasteiger partial charge in [0, 0.05) is 17.9 Å². The monoisotopic (exact) mass is 358 g/mol. The highest BCUT2D eigenvalue weighted by Crippen LogP contribution is 2.51. The summed E-state index contributed by atoms with van der Waals surface area (Å²) in [4.78, 5) is 0. The zero-order valence-corrected chi connectivity index (χ0v) is 14.7. The molecule has 26 heavy (non-hydrogen) atoms. The molecule has 4 rings (SSSR count). The number of hydrogen-bond donors (Lipinski definition) is 2. The van der Waals surface area contributed by atoms with Crippen LogP contribution in [-0.2, 0) is 9.47 Å². The maximum Gasteiger partial charge on any atom is 0.160 e. The van der Waals surface area contributed by atoms with Crippen molar-refractivity contribution in [1.29, 1.82) is 0 Å². The first-order valence-corrected chi connectivity index (χ1v) is 8.58. The fourth-order valence-electron chi connectivity index (χ4n) is 3.99. The molecule has 2 fully saturated rings. The van der Waals surface area contributed by atoms with Crippen LogP contribution < -0.4 is 9.47 Å². The molecule has 0 amide bonds. The maximum atomic E-state index is 9.94. The fourth-order valence-corrected chi connectivity index (χ4v) is 3.99. The molecule has 2 aliphatic rings. The average molecular weight is 358 g/mol. The molecule has 2 aromatic carbocycles. The summed E-state index contributed by atoms with van der Waals surface area (Å²) < 4.78 is 22.6. The number of phenols is 2. The van der Waals surface area contributed by atoms with Crippen LogP contribution in [0.3, 0.4) is 0 Å². The molecule has 2 aliphatic heterocycles. The average Bonchev–Trinajstić information content (AvgIpc) is 3.23. The lowest BCUT2D eigenvalue weighted by Crippen LogP contribution is -2.14. The van der Waals surface area contributed by atoms with Gasteiger partial charge in [0.25, 0.3) is 0 Å². The fraction of sp³-hybridized carbons (Fsp3) is 0.400. The smallest absolute Gasteiger partial charge is 0.160 e. The summed E-state index contributed by atoms with van der Waals surface area (Å²) in [5.41, 5.74) is 1.85. The third-order valence-corrected chi connectivity index (χ3v) is 5.27.